The maximum absolute atomic E-state index is 14.0. The normalized spacial score (nSPS) is 13.2. The summed E-state index contributed by atoms with van der Waals surface area (Å²) in [5.74, 6) is 4.77. The molecule has 0 aromatic heterocycles. The fourth-order valence-electron chi connectivity index (χ4n) is 2.22. The molecule has 0 aliphatic carbocycles. The second kappa shape index (κ2) is 5.83. The third-order valence-corrected chi connectivity index (χ3v) is 3.21. The molecule has 1 unspecified atom stereocenters. The highest BCUT2D eigenvalue weighted by atomic mass is 19.4. The Hall–Kier alpha value is -1.92. The third-order valence-electron chi connectivity index (χ3n) is 3.21. The second-order valence-corrected chi connectivity index (χ2v) is 4.71. The quantitative estimate of drug-likeness (QED) is 0.515. The van der Waals surface area contributed by atoms with Gasteiger partial charge in [-0.05, 0) is 30.2 Å². The van der Waals surface area contributed by atoms with Crippen LogP contribution in [-0.2, 0) is 6.18 Å². The van der Waals surface area contributed by atoms with E-state index in [-0.39, 0.29) is 11.1 Å². The molecule has 0 heterocycles. The van der Waals surface area contributed by atoms with Crippen molar-refractivity contribution in [1.82, 2.24) is 5.43 Å². The monoisotopic (exact) mass is 298 g/mol. The smallest absolute Gasteiger partial charge is 0.271 e. The van der Waals surface area contributed by atoms with E-state index < -0.39 is 23.6 Å². The average Bonchev–Trinajstić information content (AvgIpc) is 2.41. The molecule has 1 atom stereocenters. The lowest BCUT2D eigenvalue weighted by Gasteiger charge is -2.22. The summed E-state index contributed by atoms with van der Waals surface area (Å²) in [4.78, 5) is 0. The average molecular weight is 298 g/mol. The number of halogens is 4. The molecule has 0 aliphatic heterocycles. The molecule has 2 aromatic carbocycles. The minimum absolute atomic E-state index is 0.0693. The van der Waals surface area contributed by atoms with Crippen LogP contribution in [0.3, 0.4) is 0 Å². The predicted molar refractivity (Wildman–Crippen MR) is 71.7 cm³/mol. The maximum Gasteiger partial charge on any atom is 0.416 e. The standard InChI is InChI=1S/C15H14F4N2/c1-9-6-7-11(13(16)8-9)14(21-20)10-4-2-3-5-12(10)15(17,18)19/h2-8,14,21H,20H2,1H3. The first kappa shape index (κ1) is 15.5. The Labute approximate surface area is 119 Å². The Kier molecular flexibility index (Phi) is 4.29. The van der Waals surface area contributed by atoms with Crippen molar-refractivity contribution in [3.8, 4) is 0 Å². The van der Waals surface area contributed by atoms with Crippen molar-refractivity contribution in [1.29, 1.82) is 0 Å². The van der Waals surface area contributed by atoms with Crippen molar-refractivity contribution in [2.45, 2.75) is 19.1 Å². The van der Waals surface area contributed by atoms with Gasteiger partial charge in [-0.25, -0.2) is 9.82 Å². The van der Waals surface area contributed by atoms with Gasteiger partial charge in [0.2, 0.25) is 0 Å². The number of hydrogen-bond donors (Lipinski definition) is 2. The highest BCUT2D eigenvalue weighted by Crippen LogP contribution is 2.36. The number of aryl methyl sites for hydroxylation is 1. The summed E-state index contributed by atoms with van der Waals surface area (Å²) in [5.41, 5.74) is 2.06. The first-order valence-electron chi connectivity index (χ1n) is 6.23. The summed E-state index contributed by atoms with van der Waals surface area (Å²) in [6.45, 7) is 1.70. The minimum atomic E-state index is -4.53. The van der Waals surface area contributed by atoms with Crippen LogP contribution in [0.5, 0.6) is 0 Å². The van der Waals surface area contributed by atoms with Crippen LogP contribution in [0, 0.1) is 12.7 Å². The van der Waals surface area contributed by atoms with Crippen LogP contribution in [0.4, 0.5) is 17.6 Å². The summed E-state index contributed by atoms with van der Waals surface area (Å²) in [6, 6.07) is 8.21. The van der Waals surface area contributed by atoms with E-state index in [4.69, 9.17) is 5.84 Å². The Morgan fingerprint density at radius 3 is 2.29 bits per heavy atom. The molecule has 2 aromatic rings. The number of rotatable bonds is 3. The zero-order valence-corrected chi connectivity index (χ0v) is 11.2. The first-order chi connectivity index (χ1) is 9.84. The summed E-state index contributed by atoms with van der Waals surface area (Å²) in [6.07, 6.45) is -4.53. The van der Waals surface area contributed by atoms with Crippen LogP contribution in [-0.4, -0.2) is 0 Å². The van der Waals surface area contributed by atoms with Crippen LogP contribution in [0.25, 0.3) is 0 Å². The SMILES string of the molecule is Cc1ccc(C(NN)c2ccccc2C(F)(F)F)c(F)c1. The van der Waals surface area contributed by atoms with Gasteiger partial charge in [-0.1, -0.05) is 30.3 Å². The molecule has 0 radical (unpaired) electrons. The van der Waals surface area contributed by atoms with E-state index in [1.807, 2.05) is 0 Å². The van der Waals surface area contributed by atoms with Crippen LogP contribution < -0.4 is 11.3 Å². The molecule has 2 nitrogen and oxygen atoms in total. The molecule has 0 saturated carbocycles. The van der Waals surface area contributed by atoms with E-state index >= 15 is 0 Å². The number of hydrazine groups is 1. The molecule has 0 amide bonds. The van der Waals surface area contributed by atoms with Crippen LogP contribution in [0.2, 0.25) is 0 Å². The molecule has 21 heavy (non-hydrogen) atoms. The minimum Gasteiger partial charge on any atom is -0.271 e. The van der Waals surface area contributed by atoms with Crippen molar-refractivity contribution < 1.29 is 17.6 Å². The lowest BCUT2D eigenvalue weighted by molar-refractivity contribution is -0.138. The number of benzene rings is 2. The van der Waals surface area contributed by atoms with Gasteiger partial charge in [0, 0.05) is 5.56 Å². The van der Waals surface area contributed by atoms with Gasteiger partial charge >= 0.3 is 6.18 Å². The van der Waals surface area contributed by atoms with E-state index in [1.54, 1.807) is 13.0 Å². The summed E-state index contributed by atoms with van der Waals surface area (Å²) < 4.78 is 53.2. The Bertz CT molecular complexity index is 638. The van der Waals surface area contributed by atoms with Gasteiger partial charge in [0.05, 0.1) is 11.6 Å². The first-order valence-corrected chi connectivity index (χ1v) is 6.23. The third kappa shape index (κ3) is 3.22. The molecule has 0 fully saturated rings. The number of hydrogen-bond acceptors (Lipinski definition) is 2. The second-order valence-electron chi connectivity index (χ2n) is 4.71. The highest BCUT2D eigenvalue weighted by Gasteiger charge is 2.35. The lowest BCUT2D eigenvalue weighted by atomic mass is 9.93. The molecule has 112 valence electrons. The van der Waals surface area contributed by atoms with Crippen molar-refractivity contribution >= 4 is 0 Å². The molecule has 2 rings (SSSR count). The highest BCUT2D eigenvalue weighted by molar-refractivity contribution is 5.40. The Morgan fingerprint density at radius 2 is 1.71 bits per heavy atom. The van der Waals surface area contributed by atoms with E-state index in [0.717, 1.165) is 6.07 Å². The fraction of sp³-hybridized carbons (Fsp3) is 0.200. The van der Waals surface area contributed by atoms with E-state index in [1.165, 1.54) is 30.3 Å². The number of nitrogens with one attached hydrogen (secondary N) is 1. The Morgan fingerprint density at radius 1 is 1.05 bits per heavy atom. The maximum atomic E-state index is 14.0. The zero-order valence-electron chi connectivity index (χ0n) is 11.2. The molecule has 0 spiro atoms. The predicted octanol–water partition coefficient (Wildman–Crippen LogP) is 3.71. The van der Waals surface area contributed by atoms with Crippen molar-refractivity contribution in [2.24, 2.45) is 5.84 Å². The fourth-order valence-corrected chi connectivity index (χ4v) is 2.22. The number of alkyl halides is 3. The molecule has 3 N–H and O–H groups in total. The van der Waals surface area contributed by atoms with Crippen molar-refractivity contribution in [3.05, 3.63) is 70.5 Å². The van der Waals surface area contributed by atoms with Crippen molar-refractivity contribution in [3.63, 3.8) is 0 Å². The van der Waals surface area contributed by atoms with E-state index in [9.17, 15) is 17.6 Å². The van der Waals surface area contributed by atoms with Gasteiger partial charge in [-0.15, -0.1) is 0 Å². The van der Waals surface area contributed by atoms with Gasteiger partial charge in [0.1, 0.15) is 5.82 Å². The molecule has 0 aliphatic rings. The van der Waals surface area contributed by atoms with Crippen LogP contribution >= 0.6 is 0 Å². The van der Waals surface area contributed by atoms with E-state index in [0.29, 0.717) is 5.56 Å². The molecular weight excluding hydrogens is 284 g/mol. The summed E-state index contributed by atoms with van der Waals surface area (Å²) >= 11 is 0. The summed E-state index contributed by atoms with van der Waals surface area (Å²) in [7, 11) is 0. The molecule has 6 heteroatoms. The van der Waals surface area contributed by atoms with Gasteiger partial charge in [-0.2, -0.15) is 13.2 Å². The van der Waals surface area contributed by atoms with Crippen molar-refractivity contribution in [2.75, 3.05) is 0 Å². The molecular formula is C15H14F4N2. The lowest BCUT2D eigenvalue weighted by Crippen LogP contribution is -2.31. The Balaban J connectivity index is 2.57. The topological polar surface area (TPSA) is 38.0 Å². The molecule has 0 bridgehead atoms. The van der Waals surface area contributed by atoms with Gasteiger partial charge in [-0.3, -0.25) is 5.84 Å². The van der Waals surface area contributed by atoms with E-state index in [2.05, 4.69) is 5.43 Å². The van der Waals surface area contributed by atoms with Crippen LogP contribution in [0.15, 0.2) is 42.5 Å². The van der Waals surface area contributed by atoms with Gasteiger partial charge in [0.15, 0.2) is 0 Å². The van der Waals surface area contributed by atoms with Gasteiger partial charge < -0.3 is 0 Å². The zero-order chi connectivity index (χ0) is 15.6. The molecule has 0 saturated heterocycles. The van der Waals surface area contributed by atoms with Gasteiger partial charge in [0.25, 0.3) is 0 Å². The summed E-state index contributed by atoms with van der Waals surface area (Å²) in [5, 5.41) is 0. The number of nitrogens with two attached hydrogens (primary N) is 1. The van der Waals surface area contributed by atoms with Crippen LogP contribution in [0.1, 0.15) is 28.3 Å². The largest absolute Gasteiger partial charge is 0.416 e.